The van der Waals surface area contributed by atoms with E-state index in [2.05, 4.69) is 17.1 Å². The summed E-state index contributed by atoms with van der Waals surface area (Å²) in [5.74, 6) is 0.117. The lowest BCUT2D eigenvalue weighted by Gasteiger charge is -2.34. The van der Waals surface area contributed by atoms with E-state index >= 15 is 0 Å². The van der Waals surface area contributed by atoms with E-state index in [1.54, 1.807) is 13.8 Å². The van der Waals surface area contributed by atoms with E-state index in [9.17, 15) is 13.2 Å². The molecule has 1 amide bonds. The Morgan fingerprint density at radius 1 is 1.37 bits per heavy atom. The van der Waals surface area contributed by atoms with E-state index < -0.39 is 9.84 Å². The summed E-state index contributed by atoms with van der Waals surface area (Å²) in [5.41, 5.74) is 0. The van der Waals surface area contributed by atoms with Crippen LogP contribution in [0.15, 0.2) is 0 Å². The molecule has 1 saturated heterocycles. The number of nitrogens with one attached hydrogen (secondary N) is 1. The molecular formula is C13H26N2O3S. The number of piperidine rings is 1. The first kappa shape index (κ1) is 16.4. The topological polar surface area (TPSA) is 66.5 Å². The van der Waals surface area contributed by atoms with E-state index in [1.165, 1.54) is 0 Å². The van der Waals surface area contributed by atoms with Crippen LogP contribution < -0.4 is 5.32 Å². The van der Waals surface area contributed by atoms with Crippen LogP contribution in [0, 0.1) is 0 Å². The van der Waals surface area contributed by atoms with Gasteiger partial charge in [0, 0.05) is 11.8 Å². The predicted octanol–water partition coefficient (Wildman–Crippen LogP) is 0.800. The van der Waals surface area contributed by atoms with Crippen LogP contribution >= 0.6 is 0 Å². The number of carbonyl (C=O) groups excluding carboxylic acids is 1. The Morgan fingerprint density at radius 2 is 2.05 bits per heavy atom. The minimum Gasteiger partial charge on any atom is -0.351 e. The van der Waals surface area contributed by atoms with Crippen molar-refractivity contribution in [3.8, 4) is 0 Å². The molecule has 0 aromatic carbocycles. The molecule has 2 atom stereocenters. The first-order valence-corrected chi connectivity index (χ1v) is 8.96. The van der Waals surface area contributed by atoms with Crippen LogP contribution in [0.4, 0.5) is 0 Å². The highest BCUT2D eigenvalue weighted by molar-refractivity contribution is 7.91. The molecule has 1 aliphatic rings. The lowest BCUT2D eigenvalue weighted by atomic mass is 10.0. The van der Waals surface area contributed by atoms with Gasteiger partial charge >= 0.3 is 0 Å². The van der Waals surface area contributed by atoms with Gasteiger partial charge in [-0.25, -0.2) is 8.42 Å². The largest absolute Gasteiger partial charge is 0.351 e. The Morgan fingerprint density at radius 3 is 2.63 bits per heavy atom. The second kappa shape index (κ2) is 7.24. The number of nitrogens with zero attached hydrogens (tertiary/aromatic N) is 1. The molecule has 19 heavy (non-hydrogen) atoms. The van der Waals surface area contributed by atoms with Crippen molar-refractivity contribution in [3.05, 3.63) is 0 Å². The van der Waals surface area contributed by atoms with E-state index in [4.69, 9.17) is 0 Å². The van der Waals surface area contributed by atoms with Crippen LogP contribution in [-0.2, 0) is 14.6 Å². The normalized spacial score (nSPS) is 23.0. The van der Waals surface area contributed by atoms with Gasteiger partial charge in [0.15, 0.2) is 9.84 Å². The first-order chi connectivity index (χ1) is 8.89. The molecule has 0 radical (unpaired) electrons. The van der Waals surface area contributed by atoms with Gasteiger partial charge in [-0.15, -0.1) is 0 Å². The van der Waals surface area contributed by atoms with Crippen LogP contribution in [0.2, 0.25) is 0 Å². The number of carbonyl (C=O) groups is 1. The smallest absolute Gasteiger partial charge is 0.237 e. The fourth-order valence-corrected chi connectivity index (χ4v) is 3.63. The number of likely N-dealkylation sites (N-methyl/N-ethyl adjacent to an activating group) is 1. The molecule has 1 aliphatic heterocycles. The highest BCUT2D eigenvalue weighted by Gasteiger charge is 2.28. The van der Waals surface area contributed by atoms with Gasteiger partial charge in [0.2, 0.25) is 5.91 Å². The SMILES string of the molecule is CCN1CCCC[C@@H]1C(=O)N[C@H](C)CS(=O)(=O)CC. The van der Waals surface area contributed by atoms with Crippen LogP contribution in [0.1, 0.15) is 40.0 Å². The van der Waals surface area contributed by atoms with Gasteiger partial charge in [-0.3, -0.25) is 9.69 Å². The molecule has 1 N–H and O–H groups in total. The summed E-state index contributed by atoms with van der Waals surface area (Å²) in [7, 11) is -3.04. The average Bonchev–Trinajstić information content (AvgIpc) is 2.37. The van der Waals surface area contributed by atoms with Crippen LogP contribution in [-0.4, -0.2) is 55.9 Å². The minimum absolute atomic E-state index is 0.0219. The van der Waals surface area contributed by atoms with Crippen LogP contribution in [0.5, 0.6) is 0 Å². The molecule has 112 valence electrons. The van der Waals surface area contributed by atoms with Crippen molar-refractivity contribution in [2.24, 2.45) is 0 Å². The van der Waals surface area contributed by atoms with Crippen molar-refractivity contribution in [2.75, 3.05) is 24.6 Å². The summed E-state index contributed by atoms with van der Waals surface area (Å²) in [6.45, 7) is 7.25. The van der Waals surface area contributed by atoms with Gasteiger partial charge in [-0.2, -0.15) is 0 Å². The monoisotopic (exact) mass is 290 g/mol. The highest BCUT2D eigenvalue weighted by atomic mass is 32.2. The summed E-state index contributed by atoms with van der Waals surface area (Å²) in [5, 5.41) is 2.84. The standard InChI is InChI=1S/C13H26N2O3S/c1-4-15-9-7-6-8-12(15)13(16)14-11(3)10-19(17,18)5-2/h11-12H,4-10H2,1-3H3,(H,14,16)/t11-,12-/m1/s1. The van der Waals surface area contributed by atoms with Crippen molar-refractivity contribution in [1.29, 1.82) is 0 Å². The maximum atomic E-state index is 12.2. The zero-order valence-corrected chi connectivity index (χ0v) is 13.0. The molecule has 1 heterocycles. The Hall–Kier alpha value is -0.620. The quantitative estimate of drug-likeness (QED) is 0.786. The lowest BCUT2D eigenvalue weighted by molar-refractivity contribution is -0.128. The highest BCUT2D eigenvalue weighted by Crippen LogP contribution is 2.16. The van der Waals surface area contributed by atoms with Crippen molar-refractivity contribution in [3.63, 3.8) is 0 Å². The second-order valence-electron chi connectivity index (χ2n) is 5.25. The van der Waals surface area contributed by atoms with Gasteiger partial charge in [0.1, 0.15) is 0 Å². The Balaban J connectivity index is 2.53. The van der Waals surface area contributed by atoms with Gasteiger partial charge in [-0.1, -0.05) is 20.3 Å². The Labute approximate surface area is 116 Å². The minimum atomic E-state index is -3.04. The molecular weight excluding hydrogens is 264 g/mol. The molecule has 0 aromatic rings. The molecule has 0 unspecified atom stereocenters. The summed E-state index contributed by atoms with van der Waals surface area (Å²) in [4.78, 5) is 14.4. The van der Waals surface area contributed by atoms with Gasteiger partial charge in [-0.05, 0) is 32.9 Å². The molecule has 0 bridgehead atoms. The number of amides is 1. The molecule has 6 heteroatoms. The molecule has 0 aromatic heterocycles. The summed E-state index contributed by atoms with van der Waals surface area (Å²) >= 11 is 0. The number of rotatable bonds is 6. The predicted molar refractivity (Wildman–Crippen MR) is 76.8 cm³/mol. The zero-order valence-electron chi connectivity index (χ0n) is 12.2. The zero-order chi connectivity index (χ0) is 14.5. The van der Waals surface area contributed by atoms with Crippen molar-refractivity contribution >= 4 is 15.7 Å². The Kier molecular flexibility index (Phi) is 6.26. The summed E-state index contributed by atoms with van der Waals surface area (Å²) in [6.07, 6.45) is 3.07. The maximum absolute atomic E-state index is 12.2. The fraction of sp³-hybridized carbons (Fsp3) is 0.923. The van der Waals surface area contributed by atoms with Crippen molar-refractivity contribution in [1.82, 2.24) is 10.2 Å². The van der Waals surface area contributed by atoms with Crippen molar-refractivity contribution in [2.45, 2.75) is 52.1 Å². The second-order valence-corrected chi connectivity index (χ2v) is 7.65. The summed E-state index contributed by atoms with van der Waals surface area (Å²) in [6, 6.07) is -0.413. The third kappa shape index (κ3) is 5.10. The third-order valence-electron chi connectivity index (χ3n) is 3.65. The summed E-state index contributed by atoms with van der Waals surface area (Å²) < 4.78 is 23.1. The number of likely N-dealkylation sites (tertiary alicyclic amines) is 1. The van der Waals surface area contributed by atoms with Crippen LogP contribution in [0.3, 0.4) is 0 Å². The molecule has 0 aliphatic carbocycles. The van der Waals surface area contributed by atoms with E-state index in [-0.39, 0.29) is 29.5 Å². The van der Waals surface area contributed by atoms with Gasteiger partial charge in [0.25, 0.3) is 0 Å². The molecule has 1 fully saturated rings. The molecule has 5 nitrogen and oxygen atoms in total. The Bertz CT molecular complexity index is 395. The number of hydrogen-bond donors (Lipinski definition) is 1. The fourth-order valence-electron chi connectivity index (χ4n) is 2.55. The average molecular weight is 290 g/mol. The van der Waals surface area contributed by atoms with Gasteiger partial charge < -0.3 is 5.32 Å². The van der Waals surface area contributed by atoms with Crippen LogP contribution in [0.25, 0.3) is 0 Å². The number of sulfone groups is 1. The molecule has 0 saturated carbocycles. The van der Waals surface area contributed by atoms with E-state index in [0.29, 0.717) is 0 Å². The lowest BCUT2D eigenvalue weighted by Crippen LogP contribution is -2.52. The van der Waals surface area contributed by atoms with Gasteiger partial charge in [0.05, 0.1) is 11.8 Å². The number of hydrogen-bond acceptors (Lipinski definition) is 4. The molecule has 1 rings (SSSR count). The van der Waals surface area contributed by atoms with E-state index in [0.717, 1.165) is 32.4 Å². The van der Waals surface area contributed by atoms with Crippen molar-refractivity contribution < 1.29 is 13.2 Å². The third-order valence-corrected chi connectivity index (χ3v) is 5.54. The molecule has 0 spiro atoms. The first-order valence-electron chi connectivity index (χ1n) is 7.14. The van der Waals surface area contributed by atoms with E-state index in [1.807, 2.05) is 0 Å². The maximum Gasteiger partial charge on any atom is 0.237 e.